The molecule has 6 nitrogen and oxygen atoms in total. The van der Waals surface area contributed by atoms with Crippen molar-refractivity contribution < 1.29 is 14.3 Å². The molecule has 1 aliphatic carbocycles. The molecule has 0 spiro atoms. The van der Waals surface area contributed by atoms with Crippen LogP contribution in [-0.2, 0) is 4.79 Å². The number of carbonyl (C=O) groups is 2. The average molecular weight is 466 g/mol. The van der Waals surface area contributed by atoms with Crippen LogP contribution in [0.15, 0.2) is 42.0 Å². The van der Waals surface area contributed by atoms with E-state index in [1.807, 2.05) is 42.2 Å². The van der Waals surface area contributed by atoms with E-state index in [9.17, 15) is 9.59 Å². The molecule has 6 heteroatoms. The number of ether oxygens (including phenoxy) is 1. The fraction of sp³-hybridized carbons (Fsp3) is 0.571. The predicted molar refractivity (Wildman–Crippen MR) is 135 cm³/mol. The van der Waals surface area contributed by atoms with Crippen LogP contribution in [0.2, 0.25) is 0 Å². The third-order valence-corrected chi connectivity index (χ3v) is 7.30. The molecule has 0 N–H and O–H groups in total. The molecule has 2 fully saturated rings. The van der Waals surface area contributed by atoms with Crippen LogP contribution in [0.5, 0.6) is 5.75 Å². The highest BCUT2D eigenvalue weighted by molar-refractivity contribution is 5.98. The second-order valence-electron chi connectivity index (χ2n) is 9.84. The van der Waals surface area contributed by atoms with Crippen molar-refractivity contribution in [1.82, 2.24) is 14.7 Å². The van der Waals surface area contributed by atoms with E-state index in [0.29, 0.717) is 32.3 Å². The smallest absolute Gasteiger partial charge is 0.253 e. The van der Waals surface area contributed by atoms with Gasteiger partial charge in [0.05, 0.1) is 13.2 Å². The first-order valence-electron chi connectivity index (χ1n) is 12.9. The number of aryl methyl sites for hydroxylation is 1. The molecule has 4 rings (SSSR count). The highest BCUT2D eigenvalue weighted by atomic mass is 16.5. The SMILES string of the molecule is Cc1cc(C(=O)CN2CCN(C(=O)C3=CCCC=C3)CC2)ccc1OCCCN1CCC[C@H]1C. The second-order valence-corrected chi connectivity index (χ2v) is 9.84. The molecule has 0 aromatic heterocycles. The monoisotopic (exact) mass is 465 g/mol. The van der Waals surface area contributed by atoms with Gasteiger partial charge >= 0.3 is 0 Å². The zero-order chi connectivity index (χ0) is 23.9. The van der Waals surface area contributed by atoms with E-state index < -0.39 is 0 Å². The minimum Gasteiger partial charge on any atom is -0.493 e. The molecule has 184 valence electrons. The van der Waals surface area contributed by atoms with Crippen molar-refractivity contribution in [2.24, 2.45) is 0 Å². The third-order valence-electron chi connectivity index (χ3n) is 7.30. The molecule has 2 aliphatic heterocycles. The molecule has 3 aliphatic rings. The molecule has 2 saturated heterocycles. The minimum absolute atomic E-state index is 0.114. The lowest BCUT2D eigenvalue weighted by molar-refractivity contribution is -0.128. The summed E-state index contributed by atoms with van der Waals surface area (Å²) in [6, 6.07) is 6.46. The number of rotatable bonds is 9. The molecule has 0 unspecified atom stereocenters. The average Bonchev–Trinajstić information content (AvgIpc) is 3.27. The fourth-order valence-electron chi connectivity index (χ4n) is 5.12. The first-order valence-corrected chi connectivity index (χ1v) is 12.9. The van der Waals surface area contributed by atoms with Crippen molar-refractivity contribution in [3.63, 3.8) is 0 Å². The van der Waals surface area contributed by atoms with Crippen LogP contribution < -0.4 is 4.74 Å². The Morgan fingerprint density at radius 2 is 1.91 bits per heavy atom. The molecule has 0 saturated carbocycles. The first-order chi connectivity index (χ1) is 16.5. The zero-order valence-corrected chi connectivity index (χ0v) is 20.8. The lowest BCUT2D eigenvalue weighted by atomic mass is 10.1. The topological polar surface area (TPSA) is 53.1 Å². The molecule has 2 heterocycles. The molecule has 0 radical (unpaired) electrons. The summed E-state index contributed by atoms with van der Waals surface area (Å²) in [6.07, 6.45) is 11.6. The molecule has 1 aromatic rings. The number of benzene rings is 1. The summed E-state index contributed by atoms with van der Waals surface area (Å²) in [5.41, 5.74) is 2.54. The van der Waals surface area contributed by atoms with Crippen molar-refractivity contribution in [2.75, 3.05) is 52.4 Å². The number of hydrogen-bond acceptors (Lipinski definition) is 5. The summed E-state index contributed by atoms with van der Waals surface area (Å²) < 4.78 is 6.01. The van der Waals surface area contributed by atoms with Gasteiger partial charge < -0.3 is 14.5 Å². The Morgan fingerprint density at radius 3 is 2.59 bits per heavy atom. The van der Waals surface area contributed by atoms with Crippen molar-refractivity contribution in [3.05, 3.63) is 53.1 Å². The van der Waals surface area contributed by atoms with Gasteiger partial charge in [0.25, 0.3) is 5.91 Å². The number of allylic oxidation sites excluding steroid dienone is 2. The van der Waals surface area contributed by atoms with E-state index in [2.05, 4.69) is 22.8 Å². The van der Waals surface area contributed by atoms with Crippen LogP contribution in [0.3, 0.4) is 0 Å². The van der Waals surface area contributed by atoms with Gasteiger partial charge in [-0.3, -0.25) is 14.5 Å². The van der Waals surface area contributed by atoms with Gasteiger partial charge in [-0.05, 0) is 76.3 Å². The van der Waals surface area contributed by atoms with Crippen LogP contribution in [0, 0.1) is 6.92 Å². The summed E-state index contributed by atoms with van der Waals surface area (Å²) in [7, 11) is 0. The van der Waals surface area contributed by atoms with E-state index in [4.69, 9.17) is 4.74 Å². The summed E-state index contributed by atoms with van der Waals surface area (Å²) in [6.45, 7) is 10.5. The fourth-order valence-corrected chi connectivity index (χ4v) is 5.12. The van der Waals surface area contributed by atoms with Gasteiger partial charge in [0.2, 0.25) is 0 Å². The Labute approximate surface area is 204 Å². The lowest BCUT2D eigenvalue weighted by Gasteiger charge is -2.34. The molecular weight excluding hydrogens is 426 g/mol. The molecule has 1 aromatic carbocycles. The number of carbonyl (C=O) groups excluding carboxylic acids is 2. The number of hydrogen-bond donors (Lipinski definition) is 0. The van der Waals surface area contributed by atoms with Crippen LogP contribution in [0.25, 0.3) is 0 Å². The van der Waals surface area contributed by atoms with Gasteiger partial charge in [-0.25, -0.2) is 0 Å². The number of ketones is 1. The van der Waals surface area contributed by atoms with Crippen molar-refractivity contribution in [1.29, 1.82) is 0 Å². The summed E-state index contributed by atoms with van der Waals surface area (Å²) >= 11 is 0. The Bertz CT molecular complexity index is 931. The van der Waals surface area contributed by atoms with Crippen LogP contribution >= 0.6 is 0 Å². The summed E-state index contributed by atoms with van der Waals surface area (Å²) in [5, 5.41) is 0. The molecule has 1 atom stereocenters. The summed E-state index contributed by atoms with van der Waals surface area (Å²) in [4.78, 5) is 32.1. The maximum absolute atomic E-state index is 12.9. The lowest BCUT2D eigenvalue weighted by Crippen LogP contribution is -2.50. The number of likely N-dealkylation sites (tertiary alicyclic amines) is 1. The number of Topliss-reactive ketones (excluding diaryl/α,β-unsaturated/α-hetero) is 1. The number of amides is 1. The second kappa shape index (κ2) is 11.8. The third kappa shape index (κ3) is 6.36. The van der Waals surface area contributed by atoms with E-state index in [-0.39, 0.29) is 11.7 Å². The number of nitrogens with zero attached hydrogens (tertiary/aromatic N) is 3. The van der Waals surface area contributed by atoms with Crippen LogP contribution in [0.1, 0.15) is 54.9 Å². The largest absolute Gasteiger partial charge is 0.493 e. The van der Waals surface area contributed by atoms with Gasteiger partial charge in [-0.15, -0.1) is 0 Å². The van der Waals surface area contributed by atoms with Gasteiger partial charge in [0.15, 0.2) is 5.78 Å². The molecule has 34 heavy (non-hydrogen) atoms. The van der Waals surface area contributed by atoms with Crippen molar-refractivity contribution in [2.45, 2.75) is 52.0 Å². The summed E-state index contributed by atoms with van der Waals surface area (Å²) in [5.74, 6) is 1.10. The van der Waals surface area contributed by atoms with Gasteiger partial charge in [0.1, 0.15) is 5.75 Å². The molecule has 0 bridgehead atoms. The Morgan fingerprint density at radius 1 is 1.09 bits per heavy atom. The van der Waals surface area contributed by atoms with E-state index in [0.717, 1.165) is 61.3 Å². The van der Waals surface area contributed by atoms with E-state index >= 15 is 0 Å². The number of piperazine rings is 1. The van der Waals surface area contributed by atoms with Gasteiger partial charge in [-0.1, -0.05) is 18.2 Å². The van der Waals surface area contributed by atoms with Gasteiger partial charge in [-0.2, -0.15) is 0 Å². The van der Waals surface area contributed by atoms with Crippen molar-refractivity contribution >= 4 is 11.7 Å². The van der Waals surface area contributed by atoms with E-state index in [1.54, 1.807) is 0 Å². The van der Waals surface area contributed by atoms with E-state index in [1.165, 1.54) is 19.4 Å². The quantitative estimate of drug-likeness (QED) is 0.410. The van der Waals surface area contributed by atoms with Crippen molar-refractivity contribution in [3.8, 4) is 5.75 Å². The predicted octanol–water partition coefficient (Wildman–Crippen LogP) is 3.85. The Balaban J connectivity index is 1.20. The highest BCUT2D eigenvalue weighted by Gasteiger charge is 2.24. The zero-order valence-electron chi connectivity index (χ0n) is 20.8. The molecular formula is C28H39N3O3. The van der Waals surface area contributed by atoms with Crippen LogP contribution in [0.4, 0.5) is 0 Å². The maximum Gasteiger partial charge on any atom is 0.253 e. The maximum atomic E-state index is 12.9. The standard InChI is InChI=1S/C28H39N3O3/c1-22-20-25(11-12-27(22)34-19-7-14-30-13-6-8-23(30)2)26(32)21-29-15-17-31(18-16-29)28(33)24-9-4-3-5-10-24/h4,9-12,20,23H,3,5-8,13-19,21H2,1-2H3/t23-/m1/s1. The Hall–Kier alpha value is -2.44. The van der Waals surface area contributed by atoms with Crippen LogP contribution in [-0.4, -0.2) is 84.9 Å². The normalized spacial score (nSPS) is 21.5. The Kier molecular flexibility index (Phi) is 8.57. The minimum atomic E-state index is 0.114. The van der Waals surface area contributed by atoms with Gasteiger partial charge in [0, 0.05) is 49.9 Å². The highest BCUT2D eigenvalue weighted by Crippen LogP contribution is 2.21. The first kappa shape index (κ1) is 24.7. The molecule has 1 amide bonds.